The van der Waals surface area contributed by atoms with Gasteiger partial charge in [-0.15, -0.1) is 0 Å². The molecule has 0 amide bonds. The Morgan fingerprint density at radius 1 is 1.04 bits per heavy atom. The van der Waals surface area contributed by atoms with Crippen LogP contribution in [0.2, 0.25) is 0 Å². The summed E-state index contributed by atoms with van der Waals surface area (Å²) in [5.41, 5.74) is 0.661. The second-order valence-electron chi connectivity index (χ2n) is 5.35. The van der Waals surface area contributed by atoms with E-state index in [0.29, 0.717) is 11.0 Å². The molecule has 3 rings (SSSR count). The van der Waals surface area contributed by atoms with E-state index in [-0.39, 0.29) is 64.3 Å². The third kappa shape index (κ3) is 4.11. The van der Waals surface area contributed by atoms with E-state index in [9.17, 15) is 8.42 Å². The fourth-order valence-electron chi connectivity index (χ4n) is 2.40. The first-order valence-electron chi connectivity index (χ1n) is 6.93. The van der Waals surface area contributed by atoms with E-state index in [1.807, 2.05) is 42.5 Å². The first kappa shape index (κ1) is 18.8. The zero-order valence-electron chi connectivity index (χ0n) is 14.2. The molecule has 0 bridgehead atoms. The Kier molecular flexibility index (Phi) is 6.19. The van der Waals surface area contributed by atoms with Crippen LogP contribution in [-0.2, 0) is 14.3 Å². The molecule has 23 heavy (non-hydrogen) atoms. The third-order valence-electron chi connectivity index (χ3n) is 3.44. The topological polar surface area (TPSA) is 43.4 Å². The Morgan fingerprint density at radius 2 is 1.65 bits per heavy atom. The summed E-state index contributed by atoms with van der Waals surface area (Å²) in [6, 6.07) is 17.0. The van der Waals surface area contributed by atoms with Crippen molar-refractivity contribution in [2.45, 2.75) is 11.8 Å². The summed E-state index contributed by atoms with van der Waals surface area (Å²) in [7, 11) is -3.81. The van der Waals surface area contributed by atoms with Gasteiger partial charge in [0.05, 0.1) is 6.61 Å². The van der Waals surface area contributed by atoms with Crippen LogP contribution in [0.15, 0.2) is 71.6 Å². The maximum atomic E-state index is 12.4. The van der Waals surface area contributed by atoms with Crippen molar-refractivity contribution in [3.8, 4) is 0 Å². The molecule has 5 heteroatoms. The van der Waals surface area contributed by atoms with Gasteiger partial charge in [-0.1, -0.05) is 48.6 Å². The average molecular weight is 352 g/mol. The summed E-state index contributed by atoms with van der Waals surface area (Å²) >= 11 is 0. The van der Waals surface area contributed by atoms with E-state index < -0.39 is 10.1 Å². The van der Waals surface area contributed by atoms with Gasteiger partial charge in [0.25, 0.3) is 10.1 Å². The van der Waals surface area contributed by atoms with Gasteiger partial charge in [-0.05, 0) is 41.3 Å². The van der Waals surface area contributed by atoms with E-state index in [1.165, 1.54) is 0 Å². The average Bonchev–Trinajstić information content (AvgIpc) is 2.50. The molecular weight excluding hydrogens is 335 g/mol. The minimum absolute atomic E-state index is 0. The molecule has 0 aliphatic rings. The maximum Gasteiger partial charge on any atom is 1.00 e. The fourth-order valence-corrected chi connectivity index (χ4v) is 3.57. The summed E-state index contributed by atoms with van der Waals surface area (Å²) in [5, 5.41) is 3.62. The molecule has 3 nitrogen and oxygen atoms in total. The summed E-state index contributed by atoms with van der Waals surface area (Å²) < 4.78 is 29.9. The Morgan fingerprint density at radius 3 is 2.30 bits per heavy atom. The van der Waals surface area contributed by atoms with Gasteiger partial charge in [0.15, 0.2) is 0 Å². The minimum Gasteiger partial charge on any atom is -1.00 e. The normalized spacial score (nSPS) is 11.3. The smallest absolute Gasteiger partial charge is 1.00 e. The van der Waals surface area contributed by atoms with Crippen LogP contribution in [0.4, 0.5) is 0 Å². The minimum atomic E-state index is -3.81. The fraction of sp³-hybridized carbons (Fsp3) is 0.111. The van der Waals surface area contributed by atoms with E-state index in [1.54, 1.807) is 19.1 Å². The first-order chi connectivity index (χ1) is 10.5. The SMILES string of the molecule is C=C(C)COS(=O)(=O)c1cccc2cc3ccccc3cc12.[H-].[K+]. The van der Waals surface area contributed by atoms with Crippen LogP contribution in [0.3, 0.4) is 0 Å². The van der Waals surface area contributed by atoms with E-state index in [0.717, 1.165) is 16.2 Å². The molecule has 0 radical (unpaired) electrons. The molecule has 0 aromatic heterocycles. The molecule has 0 atom stereocenters. The molecule has 3 aromatic rings. The van der Waals surface area contributed by atoms with Gasteiger partial charge in [-0.2, -0.15) is 8.42 Å². The molecular formula is C18H17KO3S. The van der Waals surface area contributed by atoms with Crippen molar-refractivity contribution in [1.29, 1.82) is 0 Å². The predicted molar refractivity (Wildman–Crippen MR) is 90.5 cm³/mol. The van der Waals surface area contributed by atoms with Gasteiger partial charge in [0.2, 0.25) is 0 Å². The van der Waals surface area contributed by atoms with Crippen LogP contribution in [-0.4, -0.2) is 15.0 Å². The van der Waals surface area contributed by atoms with Gasteiger partial charge in [-0.25, -0.2) is 0 Å². The number of hydrogen-bond donors (Lipinski definition) is 0. The number of rotatable bonds is 4. The molecule has 0 fully saturated rings. The van der Waals surface area contributed by atoms with Crippen molar-refractivity contribution in [3.63, 3.8) is 0 Å². The van der Waals surface area contributed by atoms with Gasteiger partial charge in [0, 0.05) is 5.39 Å². The van der Waals surface area contributed by atoms with Crippen molar-refractivity contribution in [2.75, 3.05) is 6.61 Å². The number of fused-ring (bicyclic) bond motifs is 2. The molecule has 0 spiro atoms. The predicted octanol–water partition coefficient (Wildman–Crippen LogP) is 1.39. The van der Waals surface area contributed by atoms with E-state index in [2.05, 4.69) is 6.58 Å². The molecule has 0 aliphatic carbocycles. The summed E-state index contributed by atoms with van der Waals surface area (Å²) in [6.07, 6.45) is 0. The molecule has 0 unspecified atom stereocenters. The molecule has 3 aromatic carbocycles. The monoisotopic (exact) mass is 352 g/mol. The van der Waals surface area contributed by atoms with Crippen LogP contribution in [0, 0.1) is 0 Å². The largest absolute Gasteiger partial charge is 1.00 e. The van der Waals surface area contributed by atoms with Crippen molar-refractivity contribution in [3.05, 3.63) is 66.7 Å². The van der Waals surface area contributed by atoms with Crippen LogP contribution in [0.25, 0.3) is 21.5 Å². The summed E-state index contributed by atoms with van der Waals surface area (Å²) in [6.45, 7) is 5.39. The Hall–Kier alpha value is -0.534. The van der Waals surface area contributed by atoms with Crippen molar-refractivity contribution in [1.82, 2.24) is 0 Å². The zero-order valence-corrected chi connectivity index (χ0v) is 17.2. The van der Waals surface area contributed by atoms with Gasteiger partial charge < -0.3 is 1.43 Å². The Bertz CT molecular complexity index is 984. The third-order valence-corrected chi connectivity index (χ3v) is 4.76. The summed E-state index contributed by atoms with van der Waals surface area (Å²) in [5.74, 6) is 0. The maximum absolute atomic E-state index is 12.4. The van der Waals surface area contributed by atoms with E-state index >= 15 is 0 Å². The van der Waals surface area contributed by atoms with Gasteiger partial charge in [-0.3, -0.25) is 4.18 Å². The van der Waals surface area contributed by atoms with Crippen LogP contribution >= 0.6 is 0 Å². The van der Waals surface area contributed by atoms with Crippen molar-refractivity contribution in [2.24, 2.45) is 0 Å². The van der Waals surface area contributed by atoms with Crippen LogP contribution in [0.1, 0.15) is 8.35 Å². The van der Waals surface area contributed by atoms with E-state index in [4.69, 9.17) is 4.18 Å². The molecule has 0 heterocycles. The Labute approximate surface area is 180 Å². The van der Waals surface area contributed by atoms with Crippen molar-refractivity contribution >= 4 is 31.7 Å². The second kappa shape index (κ2) is 7.57. The standard InChI is InChI=1S/C18H16O3S.K.H/c1-13(2)12-21-22(19,20)18-9-5-8-16-10-14-6-3-4-7-15(14)11-17(16)18;;/h3-11H,1,12H2,2H3;;/q;+1;-1. The second-order valence-corrected chi connectivity index (χ2v) is 6.93. The number of benzene rings is 3. The van der Waals surface area contributed by atoms with Crippen LogP contribution < -0.4 is 51.4 Å². The quantitative estimate of drug-likeness (QED) is 0.308. The first-order valence-corrected chi connectivity index (χ1v) is 8.33. The molecule has 0 N–H and O–H groups in total. The van der Waals surface area contributed by atoms with Gasteiger partial charge in [0.1, 0.15) is 4.90 Å². The Balaban J connectivity index is 0.00000144. The molecule has 114 valence electrons. The van der Waals surface area contributed by atoms with Gasteiger partial charge >= 0.3 is 51.4 Å². The molecule has 0 aliphatic heterocycles. The van der Waals surface area contributed by atoms with Crippen molar-refractivity contribution < 1.29 is 65.4 Å². The van der Waals surface area contributed by atoms with Crippen LogP contribution in [0.5, 0.6) is 0 Å². The zero-order chi connectivity index (χ0) is 15.7. The number of hydrogen-bond acceptors (Lipinski definition) is 3. The summed E-state index contributed by atoms with van der Waals surface area (Å²) in [4.78, 5) is 0.192. The molecule has 0 saturated heterocycles. The molecule has 0 saturated carbocycles.